The summed E-state index contributed by atoms with van der Waals surface area (Å²) in [6.45, 7) is 2.17. The molecule has 0 aromatic heterocycles. The van der Waals surface area contributed by atoms with E-state index in [0.717, 1.165) is 43.6 Å². The van der Waals surface area contributed by atoms with E-state index in [9.17, 15) is 19.8 Å². The molecule has 166 valence electrons. The number of carbonyl (C=O) groups excluding carboxylic acids is 2. The number of hydrogen-bond donors (Lipinski definition) is 2. The van der Waals surface area contributed by atoms with Crippen molar-refractivity contribution in [2.75, 3.05) is 24.4 Å². The van der Waals surface area contributed by atoms with Crippen LogP contribution in [-0.4, -0.2) is 63.8 Å². The molecule has 2 N–H and O–H groups in total. The maximum Gasteiger partial charge on any atom is 0.315 e. The Morgan fingerprint density at radius 3 is 2.76 bits per heavy atom. The number of hydrogen-bond acceptors (Lipinski definition) is 7. The van der Waals surface area contributed by atoms with Gasteiger partial charge in [0.2, 0.25) is 0 Å². The van der Waals surface area contributed by atoms with Gasteiger partial charge < -0.3 is 14.9 Å². The van der Waals surface area contributed by atoms with E-state index in [0.29, 0.717) is 12.2 Å². The van der Waals surface area contributed by atoms with Crippen LogP contribution in [0, 0.1) is 11.3 Å². The summed E-state index contributed by atoms with van der Waals surface area (Å²) in [4.78, 5) is 23.4. The van der Waals surface area contributed by atoms with Crippen LogP contribution in [0.5, 0.6) is 0 Å². The SMILES string of the molecule is CCCC1(C(O)CC=C[C@@H]2C(SCCCSCC(=O)OC)C(=O)C[C@H]2O)CCC1. The monoisotopic (exact) mass is 444 g/mol. The van der Waals surface area contributed by atoms with Gasteiger partial charge in [-0.1, -0.05) is 31.9 Å². The van der Waals surface area contributed by atoms with E-state index in [1.54, 1.807) is 11.8 Å². The summed E-state index contributed by atoms with van der Waals surface area (Å²) < 4.78 is 4.61. The number of Topliss-reactive ketones (excluding diaryl/α,β-unsaturated/α-hetero) is 1. The Morgan fingerprint density at radius 1 is 1.38 bits per heavy atom. The zero-order chi connectivity index (χ0) is 21.3. The Hall–Kier alpha value is -0.500. The molecule has 2 aliphatic rings. The van der Waals surface area contributed by atoms with E-state index in [4.69, 9.17) is 0 Å². The summed E-state index contributed by atoms with van der Waals surface area (Å²) in [5, 5.41) is 20.8. The molecule has 0 radical (unpaired) electrons. The average Bonchev–Trinajstić information content (AvgIpc) is 2.93. The smallest absolute Gasteiger partial charge is 0.315 e. The molecule has 29 heavy (non-hydrogen) atoms. The molecule has 2 unspecified atom stereocenters. The van der Waals surface area contributed by atoms with E-state index in [-0.39, 0.29) is 40.9 Å². The molecule has 7 heteroatoms. The third-order valence-corrected chi connectivity index (χ3v) is 8.70. The van der Waals surface area contributed by atoms with Crippen molar-refractivity contribution >= 4 is 35.3 Å². The molecule has 2 rings (SSSR count). The van der Waals surface area contributed by atoms with Crippen LogP contribution in [0.2, 0.25) is 0 Å². The van der Waals surface area contributed by atoms with Crippen LogP contribution < -0.4 is 0 Å². The van der Waals surface area contributed by atoms with Crippen molar-refractivity contribution in [3.8, 4) is 0 Å². The van der Waals surface area contributed by atoms with Gasteiger partial charge in [-0.25, -0.2) is 0 Å². The van der Waals surface area contributed by atoms with Gasteiger partial charge in [0.15, 0.2) is 0 Å². The number of carbonyl (C=O) groups is 2. The zero-order valence-corrected chi connectivity index (χ0v) is 19.3. The lowest BCUT2D eigenvalue weighted by Crippen LogP contribution is -2.41. The Bertz CT molecular complexity index is 561. The van der Waals surface area contributed by atoms with Gasteiger partial charge in [-0.3, -0.25) is 9.59 Å². The quantitative estimate of drug-likeness (QED) is 0.255. The molecule has 0 heterocycles. The average molecular weight is 445 g/mol. The maximum atomic E-state index is 12.3. The van der Waals surface area contributed by atoms with Gasteiger partial charge in [0.05, 0.1) is 30.3 Å². The van der Waals surface area contributed by atoms with Crippen molar-refractivity contribution < 1.29 is 24.5 Å². The maximum absolute atomic E-state index is 12.3. The van der Waals surface area contributed by atoms with Crippen LogP contribution in [0.1, 0.15) is 58.3 Å². The van der Waals surface area contributed by atoms with Crippen molar-refractivity contribution in [3.63, 3.8) is 0 Å². The van der Waals surface area contributed by atoms with E-state index < -0.39 is 6.10 Å². The molecule has 2 saturated carbocycles. The summed E-state index contributed by atoms with van der Waals surface area (Å²) in [7, 11) is 1.39. The molecule has 0 amide bonds. The fourth-order valence-electron chi connectivity index (χ4n) is 4.39. The summed E-state index contributed by atoms with van der Waals surface area (Å²) in [5.74, 6) is 1.75. The number of thioether (sulfide) groups is 2. The second-order valence-corrected chi connectivity index (χ2v) is 10.6. The molecule has 2 fully saturated rings. The second-order valence-electron chi connectivity index (χ2n) is 8.23. The molecule has 2 aliphatic carbocycles. The van der Waals surface area contributed by atoms with Crippen LogP contribution >= 0.6 is 23.5 Å². The molecule has 0 aliphatic heterocycles. The fraction of sp³-hybridized carbons (Fsp3) is 0.818. The molecule has 0 aromatic carbocycles. The third kappa shape index (κ3) is 7.01. The van der Waals surface area contributed by atoms with Gasteiger partial charge in [0.25, 0.3) is 0 Å². The minimum Gasteiger partial charge on any atom is -0.468 e. The number of rotatable bonds is 13. The molecular weight excluding hydrogens is 408 g/mol. The molecule has 0 saturated heterocycles. The Morgan fingerprint density at radius 2 is 2.14 bits per heavy atom. The van der Waals surface area contributed by atoms with E-state index in [1.807, 2.05) is 12.2 Å². The highest BCUT2D eigenvalue weighted by Crippen LogP contribution is 2.48. The first-order chi connectivity index (χ1) is 13.9. The van der Waals surface area contributed by atoms with Crippen LogP contribution in [0.25, 0.3) is 0 Å². The first-order valence-electron chi connectivity index (χ1n) is 10.7. The number of ketones is 1. The molecule has 0 spiro atoms. The van der Waals surface area contributed by atoms with E-state index in [1.165, 1.54) is 25.3 Å². The molecule has 5 nitrogen and oxygen atoms in total. The van der Waals surface area contributed by atoms with Crippen molar-refractivity contribution in [2.24, 2.45) is 11.3 Å². The van der Waals surface area contributed by atoms with E-state index in [2.05, 4.69) is 11.7 Å². The minimum atomic E-state index is -0.629. The second kappa shape index (κ2) is 12.4. The highest BCUT2D eigenvalue weighted by atomic mass is 32.2. The first kappa shape index (κ1) is 24.8. The van der Waals surface area contributed by atoms with Crippen LogP contribution in [0.3, 0.4) is 0 Å². The summed E-state index contributed by atoms with van der Waals surface area (Å²) in [6.07, 6.45) is 10.3. The Labute approximate surface area is 183 Å². The third-order valence-electron chi connectivity index (χ3n) is 6.22. The lowest BCUT2D eigenvalue weighted by Gasteiger charge is -2.45. The number of aliphatic hydroxyl groups excluding tert-OH is 2. The molecular formula is C22H36O5S2. The van der Waals surface area contributed by atoms with Crippen LogP contribution in [-0.2, 0) is 14.3 Å². The van der Waals surface area contributed by atoms with Gasteiger partial charge in [-0.05, 0) is 49.0 Å². The number of methoxy groups -OCH3 is 1. The number of esters is 1. The normalized spacial score (nSPS) is 27.2. The van der Waals surface area contributed by atoms with Gasteiger partial charge in [-0.15, -0.1) is 11.8 Å². The predicted octanol–water partition coefficient (Wildman–Crippen LogP) is 3.61. The largest absolute Gasteiger partial charge is 0.468 e. The van der Waals surface area contributed by atoms with Crippen molar-refractivity contribution in [1.29, 1.82) is 0 Å². The van der Waals surface area contributed by atoms with Gasteiger partial charge in [-0.2, -0.15) is 11.8 Å². The standard InChI is InChI=1S/C22H36O5S2/c1-3-9-22(10-5-11-22)19(25)8-4-7-16-17(23)14-18(24)21(16)29-13-6-12-28-15-20(26)27-2/h4,7,16-17,19,21,23,25H,3,5-6,8-15H2,1-2H3/t16-,17+,19?,21?/m0/s1. The predicted molar refractivity (Wildman–Crippen MR) is 120 cm³/mol. The van der Waals surface area contributed by atoms with Crippen LogP contribution in [0.15, 0.2) is 12.2 Å². The highest BCUT2D eigenvalue weighted by Gasteiger charge is 2.42. The van der Waals surface area contributed by atoms with Crippen molar-refractivity contribution in [2.45, 2.75) is 75.7 Å². The topological polar surface area (TPSA) is 83.8 Å². The zero-order valence-electron chi connectivity index (χ0n) is 17.7. The van der Waals surface area contributed by atoms with Gasteiger partial charge in [0, 0.05) is 12.3 Å². The van der Waals surface area contributed by atoms with Crippen LogP contribution in [0.4, 0.5) is 0 Å². The van der Waals surface area contributed by atoms with Gasteiger partial charge >= 0.3 is 5.97 Å². The molecule has 0 aromatic rings. The number of ether oxygens (including phenoxy) is 1. The number of aliphatic hydroxyl groups is 2. The van der Waals surface area contributed by atoms with Crippen molar-refractivity contribution in [3.05, 3.63) is 12.2 Å². The lowest BCUT2D eigenvalue weighted by atomic mass is 9.62. The summed E-state index contributed by atoms with van der Waals surface area (Å²) >= 11 is 3.14. The lowest BCUT2D eigenvalue weighted by molar-refractivity contribution is -0.137. The fourth-order valence-corrected chi connectivity index (χ4v) is 6.69. The van der Waals surface area contributed by atoms with Gasteiger partial charge in [0.1, 0.15) is 5.78 Å². The Balaban J connectivity index is 1.77. The Kier molecular flexibility index (Phi) is 10.6. The van der Waals surface area contributed by atoms with Crippen molar-refractivity contribution in [1.82, 2.24) is 0 Å². The van der Waals surface area contributed by atoms with E-state index >= 15 is 0 Å². The molecule has 4 atom stereocenters. The summed E-state index contributed by atoms with van der Waals surface area (Å²) in [5.41, 5.74) is 0.0826. The first-order valence-corrected chi connectivity index (χ1v) is 13.0. The molecule has 0 bridgehead atoms. The highest BCUT2D eigenvalue weighted by molar-refractivity contribution is 8.01. The minimum absolute atomic E-state index is 0.0826. The summed E-state index contributed by atoms with van der Waals surface area (Å²) in [6, 6.07) is 0.